The zero-order valence-electron chi connectivity index (χ0n) is 17.9. The molecular weight excluding hydrogens is 408 g/mol. The van der Waals surface area contributed by atoms with Crippen molar-refractivity contribution in [2.24, 2.45) is 5.41 Å². The molecule has 6 heteroatoms. The van der Waals surface area contributed by atoms with Crippen LogP contribution in [0.5, 0.6) is 5.75 Å². The molecule has 1 heterocycles. The Morgan fingerprint density at radius 1 is 1.24 bits per heavy atom. The summed E-state index contributed by atoms with van der Waals surface area (Å²) in [5.41, 5.74) is 2.23. The highest BCUT2D eigenvalue weighted by atomic mass is 35.5. The lowest BCUT2D eigenvalue weighted by Gasteiger charge is -2.32. The minimum atomic E-state index is -0.849. The number of rotatable bonds is 9. The van der Waals surface area contributed by atoms with Gasteiger partial charge in [-0.25, -0.2) is 0 Å². The summed E-state index contributed by atoms with van der Waals surface area (Å²) in [6.07, 6.45) is 0.759. The normalized spacial score (nSPS) is 12.5. The van der Waals surface area contributed by atoms with Crippen molar-refractivity contribution in [2.75, 3.05) is 13.7 Å². The number of carbonyl (C=O) groups excluding carboxylic acids is 2. The second kappa shape index (κ2) is 9.77. The molecule has 0 saturated carbocycles. The molecule has 0 bridgehead atoms. The van der Waals surface area contributed by atoms with Crippen molar-refractivity contribution in [3.63, 3.8) is 0 Å². The van der Waals surface area contributed by atoms with Crippen LogP contribution in [0, 0.1) is 12.3 Å². The third-order valence-corrected chi connectivity index (χ3v) is 6.65. The maximum absolute atomic E-state index is 13.0. The summed E-state index contributed by atoms with van der Waals surface area (Å²) in [5, 5.41) is 0. The summed E-state index contributed by atoms with van der Waals surface area (Å²) in [6.45, 7) is 9.64. The zero-order valence-corrected chi connectivity index (χ0v) is 19.5. The van der Waals surface area contributed by atoms with Gasteiger partial charge in [-0.2, -0.15) is 0 Å². The van der Waals surface area contributed by atoms with Gasteiger partial charge in [0.05, 0.1) is 19.1 Å². The number of benzene rings is 1. The van der Waals surface area contributed by atoms with Gasteiger partial charge in [0.1, 0.15) is 10.6 Å². The van der Waals surface area contributed by atoms with Gasteiger partial charge >= 0.3 is 5.97 Å². The Hall–Kier alpha value is -1.85. The van der Waals surface area contributed by atoms with Crippen LogP contribution in [0.15, 0.2) is 24.3 Å². The Kier molecular flexibility index (Phi) is 7.89. The van der Waals surface area contributed by atoms with Crippen LogP contribution in [0.3, 0.4) is 0 Å². The third kappa shape index (κ3) is 5.01. The quantitative estimate of drug-likeness (QED) is 0.270. The highest BCUT2D eigenvalue weighted by Gasteiger charge is 2.42. The monoisotopic (exact) mass is 436 g/mol. The molecule has 1 unspecified atom stereocenters. The van der Waals surface area contributed by atoms with Gasteiger partial charge in [-0.3, -0.25) is 9.59 Å². The maximum Gasteiger partial charge on any atom is 0.312 e. The van der Waals surface area contributed by atoms with Crippen LogP contribution in [0.1, 0.15) is 71.3 Å². The lowest BCUT2D eigenvalue weighted by molar-refractivity contribution is -0.154. The number of Topliss-reactive ketones (excluding diaryl/α,β-unsaturated/α-hetero) is 1. The summed E-state index contributed by atoms with van der Waals surface area (Å²) in [5.74, 6) is 0.286. The van der Waals surface area contributed by atoms with E-state index in [1.807, 2.05) is 52.0 Å². The van der Waals surface area contributed by atoms with Crippen LogP contribution < -0.4 is 4.74 Å². The van der Waals surface area contributed by atoms with Crippen molar-refractivity contribution < 1.29 is 19.1 Å². The van der Waals surface area contributed by atoms with Gasteiger partial charge in [0.15, 0.2) is 5.78 Å². The lowest BCUT2D eigenvalue weighted by Crippen LogP contribution is -2.34. The molecule has 158 valence electrons. The van der Waals surface area contributed by atoms with E-state index < -0.39 is 5.41 Å². The first-order valence-electron chi connectivity index (χ1n) is 9.68. The highest BCUT2D eigenvalue weighted by Crippen LogP contribution is 2.47. The molecule has 0 aliphatic rings. The predicted octanol–water partition coefficient (Wildman–Crippen LogP) is 6.12. The minimum absolute atomic E-state index is 0.0615. The Morgan fingerprint density at radius 3 is 2.45 bits per heavy atom. The van der Waals surface area contributed by atoms with Gasteiger partial charge < -0.3 is 9.47 Å². The fourth-order valence-corrected chi connectivity index (χ4v) is 5.01. The maximum atomic E-state index is 13.0. The summed E-state index contributed by atoms with van der Waals surface area (Å²) in [4.78, 5) is 26.5. The topological polar surface area (TPSA) is 52.6 Å². The SMILES string of the molecule is CCCOC(=O)C(C)(C)C(c1ccc(C)c(CCl)c1)c1cc(OC)c(C(C)=O)s1. The fraction of sp³-hybridized carbons (Fsp3) is 0.478. The van der Waals surface area contributed by atoms with Crippen molar-refractivity contribution in [1.29, 1.82) is 0 Å². The second-order valence-electron chi connectivity index (χ2n) is 7.71. The summed E-state index contributed by atoms with van der Waals surface area (Å²) in [7, 11) is 1.55. The molecule has 1 aromatic carbocycles. The number of esters is 1. The van der Waals surface area contributed by atoms with E-state index in [9.17, 15) is 9.59 Å². The molecule has 0 spiro atoms. The van der Waals surface area contributed by atoms with Crippen LogP contribution in [-0.4, -0.2) is 25.5 Å². The highest BCUT2D eigenvalue weighted by molar-refractivity contribution is 7.14. The number of carbonyl (C=O) groups is 2. The molecule has 2 aromatic rings. The number of hydrogen-bond acceptors (Lipinski definition) is 5. The lowest BCUT2D eigenvalue weighted by atomic mass is 9.73. The number of ketones is 1. The van der Waals surface area contributed by atoms with Crippen molar-refractivity contribution >= 4 is 34.7 Å². The van der Waals surface area contributed by atoms with Crippen molar-refractivity contribution in [3.8, 4) is 5.75 Å². The van der Waals surface area contributed by atoms with Crippen LogP contribution >= 0.6 is 22.9 Å². The Labute approximate surface area is 182 Å². The molecule has 1 aromatic heterocycles. The van der Waals surface area contributed by atoms with E-state index in [1.165, 1.54) is 18.3 Å². The van der Waals surface area contributed by atoms with E-state index in [1.54, 1.807) is 7.11 Å². The molecule has 0 aliphatic carbocycles. The first kappa shape index (κ1) is 23.4. The van der Waals surface area contributed by atoms with E-state index in [2.05, 4.69) is 0 Å². The average Bonchev–Trinajstić information content (AvgIpc) is 3.11. The molecule has 29 heavy (non-hydrogen) atoms. The van der Waals surface area contributed by atoms with Crippen molar-refractivity contribution in [2.45, 2.75) is 52.8 Å². The van der Waals surface area contributed by atoms with E-state index in [-0.39, 0.29) is 17.7 Å². The molecule has 0 aliphatic heterocycles. The standard InChI is InChI=1S/C23H29ClO4S/c1-7-10-28-22(26)23(4,5)20(16-9-8-14(2)17(11-16)13-24)19-12-18(27-6)21(29-19)15(3)25/h8-9,11-12,20H,7,10,13H2,1-6H3. The predicted molar refractivity (Wildman–Crippen MR) is 118 cm³/mol. The molecule has 0 N–H and O–H groups in total. The van der Waals surface area contributed by atoms with Gasteiger partial charge in [0.2, 0.25) is 0 Å². The van der Waals surface area contributed by atoms with Crippen molar-refractivity contribution in [1.82, 2.24) is 0 Å². The van der Waals surface area contributed by atoms with Crippen LogP contribution in [0.25, 0.3) is 0 Å². The van der Waals surface area contributed by atoms with Gasteiger partial charge in [-0.15, -0.1) is 22.9 Å². The molecule has 0 fully saturated rings. The number of thiophene rings is 1. The van der Waals surface area contributed by atoms with E-state index in [0.717, 1.165) is 28.0 Å². The first-order valence-corrected chi connectivity index (χ1v) is 11.0. The molecular formula is C23H29ClO4S. The summed E-state index contributed by atoms with van der Waals surface area (Å²) < 4.78 is 10.9. The van der Waals surface area contributed by atoms with Crippen LogP contribution in [0.2, 0.25) is 0 Å². The van der Waals surface area contributed by atoms with Gasteiger partial charge in [0.25, 0.3) is 0 Å². The number of methoxy groups -OCH3 is 1. The Balaban J connectivity index is 2.66. The minimum Gasteiger partial charge on any atom is -0.495 e. The zero-order chi connectivity index (χ0) is 21.8. The van der Waals surface area contributed by atoms with Crippen LogP contribution in [0.4, 0.5) is 0 Å². The number of hydrogen-bond donors (Lipinski definition) is 0. The van der Waals surface area contributed by atoms with Crippen LogP contribution in [-0.2, 0) is 15.4 Å². The van der Waals surface area contributed by atoms with E-state index in [4.69, 9.17) is 21.1 Å². The molecule has 0 amide bonds. The third-order valence-electron chi connectivity index (χ3n) is 5.08. The average molecular weight is 437 g/mol. The smallest absolute Gasteiger partial charge is 0.312 e. The molecule has 0 saturated heterocycles. The molecule has 2 rings (SSSR count). The number of halogens is 1. The molecule has 1 atom stereocenters. The first-order chi connectivity index (χ1) is 13.7. The number of ether oxygens (including phenoxy) is 2. The van der Waals surface area contributed by atoms with Gasteiger partial charge in [-0.1, -0.05) is 25.1 Å². The Bertz CT molecular complexity index is 885. The van der Waals surface area contributed by atoms with Crippen molar-refractivity contribution in [3.05, 3.63) is 50.7 Å². The van der Waals surface area contributed by atoms with Gasteiger partial charge in [0, 0.05) is 23.6 Å². The summed E-state index contributed by atoms with van der Waals surface area (Å²) in [6, 6.07) is 7.94. The largest absolute Gasteiger partial charge is 0.495 e. The summed E-state index contributed by atoms with van der Waals surface area (Å²) >= 11 is 7.51. The Morgan fingerprint density at radius 2 is 1.93 bits per heavy atom. The fourth-order valence-electron chi connectivity index (χ4n) is 3.38. The van der Waals surface area contributed by atoms with E-state index >= 15 is 0 Å². The van der Waals surface area contributed by atoms with E-state index in [0.29, 0.717) is 23.1 Å². The molecule has 4 nitrogen and oxygen atoms in total. The number of aryl methyl sites for hydroxylation is 1. The second-order valence-corrected chi connectivity index (χ2v) is 9.06. The number of alkyl halides is 1. The van der Waals surface area contributed by atoms with Gasteiger partial charge in [-0.05, 0) is 49.9 Å². The molecule has 0 radical (unpaired) electrons.